The molecule has 0 saturated heterocycles. The molecule has 2 heterocycles. The molecule has 122 valence electrons. The summed E-state index contributed by atoms with van der Waals surface area (Å²) in [5.74, 6) is 0.257. The summed E-state index contributed by atoms with van der Waals surface area (Å²) in [6, 6.07) is 13.7. The van der Waals surface area contributed by atoms with Gasteiger partial charge in [-0.1, -0.05) is 23.9 Å². The molecule has 0 atom stereocenters. The molecule has 0 spiro atoms. The molecule has 0 aliphatic heterocycles. The molecule has 0 saturated carbocycles. The summed E-state index contributed by atoms with van der Waals surface area (Å²) in [4.78, 5) is 13.1. The third kappa shape index (κ3) is 4.21. The van der Waals surface area contributed by atoms with Gasteiger partial charge in [-0.05, 0) is 60.7 Å². The number of aryl methyl sites for hydroxylation is 2. The molecule has 0 aliphatic carbocycles. The van der Waals surface area contributed by atoms with E-state index in [2.05, 4.69) is 22.4 Å². The van der Waals surface area contributed by atoms with Crippen LogP contribution in [0.3, 0.4) is 0 Å². The minimum Gasteiger partial charge on any atom is -0.325 e. The van der Waals surface area contributed by atoms with Crippen LogP contribution in [0.15, 0.2) is 52.9 Å². The van der Waals surface area contributed by atoms with Crippen LogP contribution >= 0.6 is 23.1 Å². The summed E-state index contributed by atoms with van der Waals surface area (Å²) in [5, 5.41) is 14.1. The monoisotopic (exact) mass is 355 g/mol. The van der Waals surface area contributed by atoms with Crippen molar-refractivity contribution in [3.8, 4) is 10.6 Å². The fourth-order valence-electron chi connectivity index (χ4n) is 2.11. The highest BCUT2D eigenvalue weighted by atomic mass is 32.2. The van der Waals surface area contributed by atoms with E-state index >= 15 is 0 Å². The zero-order chi connectivity index (χ0) is 16.9. The van der Waals surface area contributed by atoms with Crippen molar-refractivity contribution in [2.24, 2.45) is 0 Å². The number of carbonyl (C=O) groups is 1. The number of anilines is 1. The zero-order valence-electron chi connectivity index (χ0n) is 13.4. The highest BCUT2D eigenvalue weighted by Gasteiger charge is 2.07. The SMILES string of the molecule is Cc1ccc(NC(=O)CSc2ccc(-c3cccs3)nn2)cc1C. The van der Waals surface area contributed by atoms with Gasteiger partial charge in [0.1, 0.15) is 10.7 Å². The number of rotatable bonds is 5. The topological polar surface area (TPSA) is 54.9 Å². The van der Waals surface area contributed by atoms with Crippen LogP contribution in [0.25, 0.3) is 10.6 Å². The van der Waals surface area contributed by atoms with Crippen molar-refractivity contribution in [3.05, 3.63) is 59.0 Å². The van der Waals surface area contributed by atoms with Crippen molar-refractivity contribution in [2.45, 2.75) is 18.9 Å². The van der Waals surface area contributed by atoms with Crippen LogP contribution in [0, 0.1) is 13.8 Å². The first-order chi connectivity index (χ1) is 11.6. The molecule has 0 bridgehead atoms. The molecular weight excluding hydrogens is 338 g/mol. The van der Waals surface area contributed by atoms with Crippen LogP contribution in [0.1, 0.15) is 11.1 Å². The van der Waals surface area contributed by atoms with Gasteiger partial charge in [0.05, 0.1) is 10.6 Å². The Balaban J connectivity index is 1.55. The van der Waals surface area contributed by atoms with Gasteiger partial charge in [-0.3, -0.25) is 4.79 Å². The second-order valence-corrected chi connectivity index (χ2v) is 7.31. The molecule has 1 aromatic carbocycles. The van der Waals surface area contributed by atoms with Gasteiger partial charge in [-0.15, -0.1) is 21.5 Å². The number of amides is 1. The van der Waals surface area contributed by atoms with Crippen LogP contribution in [0.2, 0.25) is 0 Å². The average Bonchev–Trinajstić information content (AvgIpc) is 3.11. The number of thiophene rings is 1. The van der Waals surface area contributed by atoms with E-state index < -0.39 is 0 Å². The molecule has 24 heavy (non-hydrogen) atoms. The summed E-state index contributed by atoms with van der Waals surface area (Å²) in [6.07, 6.45) is 0. The van der Waals surface area contributed by atoms with E-state index in [1.54, 1.807) is 11.3 Å². The van der Waals surface area contributed by atoms with E-state index in [0.717, 1.165) is 26.8 Å². The molecule has 0 fully saturated rings. The van der Waals surface area contributed by atoms with E-state index in [9.17, 15) is 4.79 Å². The molecule has 1 N–H and O–H groups in total. The summed E-state index contributed by atoms with van der Waals surface area (Å²) in [5.41, 5.74) is 4.05. The standard InChI is InChI=1S/C18H17N3OS2/c1-12-5-6-14(10-13(12)2)19-17(22)11-24-18-8-7-15(20-21-18)16-4-3-9-23-16/h3-10H,11H2,1-2H3,(H,19,22). The van der Waals surface area contributed by atoms with E-state index in [1.165, 1.54) is 17.3 Å². The van der Waals surface area contributed by atoms with Gasteiger partial charge in [-0.25, -0.2) is 0 Å². The normalized spacial score (nSPS) is 10.6. The summed E-state index contributed by atoms with van der Waals surface area (Å²) in [7, 11) is 0. The molecule has 3 aromatic rings. The fourth-order valence-corrected chi connectivity index (χ4v) is 3.41. The number of hydrogen-bond acceptors (Lipinski definition) is 5. The van der Waals surface area contributed by atoms with Gasteiger partial charge < -0.3 is 5.32 Å². The summed E-state index contributed by atoms with van der Waals surface area (Å²) >= 11 is 3.01. The van der Waals surface area contributed by atoms with Gasteiger partial charge in [0, 0.05) is 5.69 Å². The van der Waals surface area contributed by atoms with E-state index in [-0.39, 0.29) is 5.91 Å². The molecular formula is C18H17N3OS2. The Kier molecular flexibility index (Phi) is 5.27. The van der Waals surface area contributed by atoms with Crippen LogP contribution in [0.4, 0.5) is 5.69 Å². The van der Waals surface area contributed by atoms with Crippen LogP contribution in [-0.2, 0) is 4.79 Å². The Bertz CT molecular complexity index is 830. The van der Waals surface area contributed by atoms with Crippen molar-refractivity contribution in [1.29, 1.82) is 0 Å². The number of carbonyl (C=O) groups excluding carboxylic acids is 1. The van der Waals surface area contributed by atoms with Gasteiger partial charge in [0.25, 0.3) is 0 Å². The Morgan fingerprint density at radius 2 is 2.00 bits per heavy atom. The maximum absolute atomic E-state index is 12.1. The molecule has 0 radical (unpaired) electrons. The number of nitrogens with one attached hydrogen (secondary N) is 1. The minimum absolute atomic E-state index is 0.0487. The number of benzene rings is 1. The van der Waals surface area contributed by atoms with Crippen LogP contribution < -0.4 is 5.32 Å². The maximum Gasteiger partial charge on any atom is 0.234 e. The predicted octanol–water partition coefficient (Wildman–Crippen LogP) is 4.55. The lowest BCUT2D eigenvalue weighted by Gasteiger charge is -2.07. The molecule has 0 aliphatic rings. The number of aromatic nitrogens is 2. The molecule has 2 aromatic heterocycles. The molecule has 3 rings (SSSR count). The number of thioether (sulfide) groups is 1. The lowest BCUT2D eigenvalue weighted by molar-refractivity contribution is -0.113. The second-order valence-electron chi connectivity index (χ2n) is 5.37. The van der Waals surface area contributed by atoms with Gasteiger partial charge in [-0.2, -0.15) is 0 Å². The lowest BCUT2D eigenvalue weighted by atomic mass is 10.1. The summed E-state index contributed by atoms with van der Waals surface area (Å²) in [6.45, 7) is 4.08. The van der Waals surface area contributed by atoms with Crippen molar-refractivity contribution in [2.75, 3.05) is 11.1 Å². The second kappa shape index (κ2) is 7.59. The first-order valence-corrected chi connectivity index (χ1v) is 9.36. The van der Waals surface area contributed by atoms with Crippen LogP contribution in [0.5, 0.6) is 0 Å². The smallest absolute Gasteiger partial charge is 0.234 e. The molecule has 4 nitrogen and oxygen atoms in total. The Labute approximate surface area is 149 Å². The van der Waals surface area contributed by atoms with Crippen molar-refractivity contribution in [1.82, 2.24) is 10.2 Å². The van der Waals surface area contributed by atoms with E-state index in [1.807, 2.05) is 54.8 Å². The van der Waals surface area contributed by atoms with Gasteiger partial charge in [0.15, 0.2) is 0 Å². The minimum atomic E-state index is -0.0487. The Morgan fingerprint density at radius 1 is 1.12 bits per heavy atom. The van der Waals surface area contributed by atoms with E-state index in [0.29, 0.717) is 5.75 Å². The Morgan fingerprint density at radius 3 is 2.67 bits per heavy atom. The lowest BCUT2D eigenvalue weighted by Crippen LogP contribution is -2.14. The fraction of sp³-hybridized carbons (Fsp3) is 0.167. The predicted molar refractivity (Wildman–Crippen MR) is 101 cm³/mol. The average molecular weight is 355 g/mol. The van der Waals surface area contributed by atoms with Gasteiger partial charge in [0.2, 0.25) is 5.91 Å². The quantitative estimate of drug-likeness (QED) is 0.682. The van der Waals surface area contributed by atoms with Crippen molar-refractivity contribution >= 4 is 34.7 Å². The number of nitrogens with zero attached hydrogens (tertiary/aromatic N) is 2. The third-order valence-electron chi connectivity index (χ3n) is 3.56. The highest BCUT2D eigenvalue weighted by molar-refractivity contribution is 7.99. The molecule has 6 heteroatoms. The van der Waals surface area contributed by atoms with Crippen molar-refractivity contribution < 1.29 is 4.79 Å². The maximum atomic E-state index is 12.1. The molecule has 1 amide bonds. The summed E-state index contributed by atoms with van der Waals surface area (Å²) < 4.78 is 0. The first kappa shape index (κ1) is 16.7. The largest absolute Gasteiger partial charge is 0.325 e. The Hall–Kier alpha value is -2.18. The zero-order valence-corrected chi connectivity index (χ0v) is 15.1. The van der Waals surface area contributed by atoms with E-state index in [4.69, 9.17) is 0 Å². The first-order valence-electron chi connectivity index (χ1n) is 7.49. The molecule has 0 unspecified atom stereocenters. The number of hydrogen-bond donors (Lipinski definition) is 1. The van der Waals surface area contributed by atoms with Crippen molar-refractivity contribution in [3.63, 3.8) is 0 Å². The van der Waals surface area contributed by atoms with Crippen LogP contribution in [-0.4, -0.2) is 21.9 Å². The van der Waals surface area contributed by atoms with Gasteiger partial charge >= 0.3 is 0 Å². The highest BCUT2D eigenvalue weighted by Crippen LogP contribution is 2.23. The third-order valence-corrected chi connectivity index (χ3v) is 5.37.